The van der Waals surface area contributed by atoms with Gasteiger partial charge in [0.1, 0.15) is 5.75 Å². The summed E-state index contributed by atoms with van der Waals surface area (Å²) in [5.74, 6) is 1.17. The molecule has 0 amide bonds. The van der Waals surface area contributed by atoms with Gasteiger partial charge >= 0.3 is 0 Å². The molecule has 0 aliphatic carbocycles. The van der Waals surface area contributed by atoms with Gasteiger partial charge in [-0.25, -0.2) is 0 Å². The Kier molecular flexibility index (Phi) is 2.23. The van der Waals surface area contributed by atoms with Crippen molar-refractivity contribution in [3.8, 4) is 5.75 Å². The first-order valence-corrected chi connectivity index (χ1v) is 4.75. The fourth-order valence-electron chi connectivity index (χ4n) is 1.65. The molecule has 1 aliphatic rings. The molecule has 1 aliphatic heterocycles. The van der Waals surface area contributed by atoms with Gasteiger partial charge in [-0.15, -0.1) is 0 Å². The maximum absolute atomic E-state index is 9.64. The van der Waals surface area contributed by atoms with E-state index in [1.807, 2.05) is 19.1 Å². The van der Waals surface area contributed by atoms with Crippen LogP contribution < -0.4 is 5.32 Å². The lowest BCUT2D eigenvalue weighted by Gasteiger charge is -2.27. The van der Waals surface area contributed by atoms with Crippen molar-refractivity contribution in [3.63, 3.8) is 0 Å². The maximum Gasteiger partial charge on any atom is 0.119 e. The standard InChI is InChI=1S/C11H15NO/c1-8-2-3-10(11(13)4-8)5-9-6-12-7-9/h2-4,9,12-13H,5-7H2,1H3. The third-order valence-corrected chi connectivity index (χ3v) is 2.62. The summed E-state index contributed by atoms with van der Waals surface area (Å²) in [5.41, 5.74) is 2.20. The van der Waals surface area contributed by atoms with Crippen LogP contribution in [0.1, 0.15) is 11.1 Å². The summed E-state index contributed by atoms with van der Waals surface area (Å²) in [7, 11) is 0. The first-order chi connectivity index (χ1) is 6.25. The minimum absolute atomic E-state index is 0.451. The van der Waals surface area contributed by atoms with Crippen molar-refractivity contribution >= 4 is 0 Å². The Morgan fingerprint density at radius 2 is 2.23 bits per heavy atom. The number of benzene rings is 1. The Balaban J connectivity index is 2.10. The number of aromatic hydroxyl groups is 1. The van der Waals surface area contributed by atoms with Crippen LogP contribution in [-0.4, -0.2) is 18.2 Å². The smallest absolute Gasteiger partial charge is 0.119 e. The van der Waals surface area contributed by atoms with Gasteiger partial charge in [-0.05, 0) is 49.5 Å². The van der Waals surface area contributed by atoms with Crippen molar-refractivity contribution in [2.24, 2.45) is 5.92 Å². The molecule has 0 radical (unpaired) electrons. The van der Waals surface area contributed by atoms with Crippen LogP contribution in [0.5, 0.6) is 5.75 Å². The van der Waals surface area contributed by atoms with Gasteiger partial charge in [-0.3, -0.25) is 0 Å². The van der Waals surface area contributed by atoms with Gasteiger partial charge in [0.2, 0.25) is 0 Å². The van der Waals surface area contributed by atoms with E-state index in [1.54, 1.807) is 0 Å². The normalized spacial score (nSPS) is 17.0. The first-order valence-electron chi connectivity index (χ1n) is 4.75. The molecule has 0 bridgehead atoms. The van der Waals surface area contributed by atoms with Crippen LogP contribution >= 0.6 is 0 Å². The number of rotatable bonds is 2. The number of phenols is 1. The second kappa shape index (κ2) is 3.38. The van der Waals surface area contributed by atoms with Crippen LogP contribution in [0.3, 0.4) is 0 Å². The summed E-state index contributed by atoms with van der Waals surface area (Å²) >= 11 is 0. The highest BCUT2D eigenvalue weighted by Crippen LogP contribution is 2.22. The molecule has 1 heterocycles. The van der Waals surface area contributed by atoms with Crippen molar-refractivity contribution in [2.45, 2.75) is 13.3 Å². The summed E-state index contributed by atoms with van der Waals surface area (Å²) in [6.45, 7) is 4.18. The van der Waals surface area contributed by atoms with Crippen LogP contribution in [0.4, 0.5) is 0 Å². The van der Waals surface area contributed by atoms with Gasteiger partial charge in [0.25, 0.3) is 0 Å². The quantitative estimate of drug-likeness (QED) is 0.717. The molecule has 1 aromatic carbocycles. The highest BCUT2D eigenvalue weighted by atomic mass is 16.3. The zero-order valence-corrected chi connectivity index (χ0v) is 7.88. The number of hydrogen-bond acceptors (Lipinski definition) is 2. The number of phenolic OH excluding ortho intramolecular Hbond substituents is 1. The zero-order chi connectivity index (χ0) is 9.26. The molecular formula is C11H15NO. The molecule has 1 aromatic rings. The average Bonchev–Trinajstić information content (AvgIpc) is 1.99. The van der Waals surface area contributed by atoms with E-state index < -0.39 is 0 Å². The SMILES string of the molecule is Cc1ccc(CC2CNC2)c(O)c1. The van der Waals surface area contributed by atoms with Crippen LogP contribution in [0.15, 0.2) is 18.2 Å². The van der Waals surface area contributed by atoms with Crippen molar-refractivity contribution in [2.75, 3.05) is 13.1 Å². The Labute approximate surface area is 78.6 Å². The largest absolute Gasteiger partial charge is 0.508 e. The van der Waals surface area contributed by atoms with Crippen molar-refractivity contribution in [3.05, 3.63) is 29.3 Å². The van der Waals surface area contributed by atoms with Crippen LogP contribution in [0.25, 0.3) is 0 Å². The number of hydrogen-bond donors (Lipinski definition) is 2. The van der Waals surface area contributed by atoms with E-state index in [9.17, 15) is 5.11 Å². The topological polar surface area (TPSA) is 32.3 Å². The van der Waals surface area contributed by atoms with E-state index in [2.05, 4.69) is 11.4 Å². The zero-order valence-electron chi connectivity index (χ0n) is 7.88. The molecule has 0 saturated carbocycles. The molecule has 13 heavy (non-hydrogen) atoms. The third-order valence-electron chi connectivity index (χ3n) is 2.62. The Hall–Kier alpha value is -1.02. The summed E-state index contributed by atoms with van der Waals surface area (Å²) in [4.78, 5) is 0. The van der Waals surface area contributed by atoms with Gasteiger partial charge in [0, 0.05) is 0 Å². The van der Waals surface area contributed by atoms with E-state index in [1.165, 1.54) is 0 Å². The monoisotopic (exact) mass is 177 g/mol. The minimum atomic E-state index is 0.451. The minimum Gasteiger partial charge on any atom is -0.508 e. The fourth-order valence-corrected chi connectivity index (χ4v) is 1.65. The summed E-state index contributed by atoms with van der Waals surface area (Å²) < 4.78 is 0. The molecule has 0 spiro atoms. The van der Waals surface area contributed by atoms with Crippen LogP contribution in [-0.2, 0) is 6.42 Å². The molecule has 2 heteroatoms. The molecule has 2 nitrogen and oxygen atoms in total. The molecule has 1 fully saturated rings. The Morgan fingerprint density at radius 1 is 1.46 bits per heavy atom. The predicted molar refractivity (Wildman–Crippen MR) is 52.9 cm³/mol. The highest BCUT2D eigenvalue weighted by Gasteiger charge is 2.18. The summed E-state index contributed by atoms with van der Waals surface area (Å²) in [6, 6.07) is 5.92. The highest BCUT2D eigenvalue weighted by molar-refractivity contribution is 5.36. The van der Waals surface area contributed by atoms with Gasteiger partial charge in [-0.1, -0.05) is 12.1 Å². The summed E-state index contributed by atoms with van der Waals surface area (Å²) in [6.07, 6.45) is 0.999. The van der Waals surface area contributed by atoms with Crippen molar-refractivity contribution in [1.29, 1.82) is 0 Å². The van der Waals surface area contributed by atoms with Crippen molar-refractivity contribution in [1.82, 2.24) is 5.32 Å². The molecule has 2 N–H and O–H groups in total. The van der Waals surface area contributed by atoms with E-state index in [0.717, 1.165) is 30.6 Å². The fraction of sp³-hybridized carbons (Fsp3) is 0.455. The number of aryl methyl sites for hydroxylation is 1. The van der Waals surface area contributed by atoms with E-state index in [-0.39, 0.29) is 0 Å². The molecule has 70 valence electrons. The second-order valence-electron chi connectivity index (χ2n) is 3.86. The molecule has 0 unspecified atom stereocenters. The maximum atomic E-state index is 9.64. The lowest BCUT2D eigenvalue weighted by molar-refractivity contribution is 0.341. The van der Waals surface area contributed by atoms with Gasteiger partial charge in [0.15, 0.2) is 0 Å². The van der Waals surface area contributed by atoms with E-state index >= 15 is 0 Å². The van der Waals surface area contributed by atoms with Gasteiger partial charge in [0.05, 0.1) is 0 Å². The number of nitrogens with one attached hydrogen (secondary N) is 1. The van der Waals surface area contributed by atoms with Gasteiger partial charge in [-0.2, -0.15) is 0 Å². The Morgan fingerprint density at radius 3 is 2.77 bits per heavy atom. The molecule has 0 atom stereocenters. The molecule has 2 rings (SSSR count). The molecule has 1 saturated heterocycles. The van der Waals surface area contributed by atoms with Gasteiger partial charge < -0.3 is 10.4 Å². The Bertz CT molecular complexity index is 305. The van der Waals surface area contributed by atoms with E-state index in [4.69, 9.17) is 0 Å². The van der Waals surface area contributed by atoms with Crippen LogP contribution in [0.2, 0.25) is 0 Å². The first kappa shape index (κ1) is 8.57. The predicted octanol–water partition coefficient (Wildman–Crippen LogP) is 1.46. The summed E-state index contributed by atoms with van der Waals surface area (Å²) in [5, 5.41) is 12.9. The van der Waals surface area contributed by atoms with Crippen LogP contribution in [0, 0.1) is 12.8 Å². The van der Waals surface area contributed by atoms with Crippen molar-refractivity contribution < 1.29 is 5.11 Å². The average molecular weight is 177 g/mol. The third kappa shape index (κ3) is 1.83. The molecular weight excluding hydrogens is 162 g/mol. The second-order valence-corrected chi connectivity index (χ2v) is 3.86. The molecule has 0 aromatic heterocycles. The lowest BCUT2D eigenvalue weighted by atomic mass is 9.93. The van der Waals surface area contributed by atoms with E-state index in [0.29, 0.717) is 11.7 Å². The lowest BCUT2D eigenvalue weighted by Crippen LogP contribution is -2.43.